The van der Waals surface area contributed by atoms with Gasteiger partial charge in [0.1, 0.15) is 23.1 Å². The first-order valence-corrected chi connectivity index (χ1v) is 17.1. The zero-order valence-corrected chi connectivity index (χ0v) is 26.6. The molecule has 1 saturated carbocycles. The predicted octanol–water partition coefficient (Wildman–Crippen LogP) is 4.84. The number of nitrogens with one attached hydrogen (secondary N) is 3. The fraction of sp³-hybridized carbons (Fsp3) is 0.452. The molecular formula is C31H34F4N4O5S2. The summed E-state index contributed by atoms with van der Waals surface area (Å²) in [6, 6.07) is 7.91. The molecule has 9 nitrogen and oxygen atoms in total. The van der Waals surface area contributed by atoms with Crippen LogP contribution in [0.5, 0.6) is 5.75 Å². The fourth-order valence-corrected chi connectivity index (χ4v) is 7.73. The van der Waals surface area contributed by atoms with Gasteiger partial charge in [-0.3, -0.25) is 4.79 Å². The number of aliphatic hydroxyl groups is 1. The van der Waals surface area contributed by atoms with Gasteiger partial charge in [-0.25, -0.2) is 17.5 Å². The molecule has 2 aliphatic rings. The summed E-state index contributed by atoms with van der Waals surface area (Å²) in [4.78, 5) is 13.2. The van der Waals surface area contributed by atoms with E-state index in [9.17, 15) is 30.8 Å². The van der Waals surface area contributed by atoms with Crippen LogP contribution in [0.15, 0.2) is 35.2 Å². The van der Waals surface area contributed by atoms with Gasteiger partial charge in [0.15, 0.2) is 0 Å². The molecule has 1 aliphatic carbocycles. The van der Waals surface area contributed by atoms with Crippen LogP contribution in [-0.2, 0) is 21.2 Å². The molecule has 248 valence electrons. The Labute approximate surface area is 268 Å². The van der Waals surface area contributed by atoms with Gasteiger partial charge < -0.3 is 25.4 Å². The van der Waals surface area contributed by atoms with Crippen LogP contribution in [0, 0.1) is 17.7 Å². The van der Waals surface area contributed by atoms with E-state index >= 15 is 0 Å². The monoisotopic (exact) mass is 682 g/mol. The largest absolute Gasteiger partial charge is 0.489 e. The topological polar surface area (TPSA) is 120 Å². The number of anilines is 2. The number of ether oxygens (including phenoxy) is 1. The lowest BCUT2D eigenvalue weighted by Crippen LogP contribution is -2.40. The van der Waals surface area contributed by atoms with Crippen LogP contribution in [0.1, 0.15) is 43.0 Å². The van der Waals surface area contributed by atoms with E-state index in [0.29, 0.717) is 16.1 Å². The van der Waals surface area contributed by atoms with Gasteiger partial charge in [0.2, 0.25) is 5.91 Å². The van der Waals surface area contributed by atoms with Gasteiger partial charge in [0, 0.05) is 44.2 Å². The van der Waals surface area contributed by atoms with Crippen molar-refractivity contribution in [1.29, 1.82) is 0 Å². The van der Waals surface area contributed by atoms with Crippen molar-refractivity contribution in [3.8, 4) is 17.6 Å². The number of thiophene rings is 1. The summed E-state index contributed by atoms with van der Waals surface area (Å²) in [6.45, 7) is 2.13. The minimum absolute atomic E-state index is 0.00639. The smallest absolute Gasteiger partial charge is 0.393 e. The molecule has 0 atom stereocenters. The third-order valence-corrected chi connectivity index (χ3v) is 10.3. The molecule has 1 aromatic heterocycles. The number of likely N-dealkylation sites (tertiary alicyclic amines) is 1. The molecule has 0 radical (unpaired) electrons. The molecule has 5 rings (SSSR count). The van der Waals surface area contributed by atoms with Crippen LogP contribution < -0.4 is 20.1 Å². The Hall–Kier alpha value is -3.58. The van der Waals surface area contributed by atoms with Crippen molar-refractivity contribution < 1.29 is 40.6 Å². The minimum atomic E-state index is -4.54. The SMILES string of the molecule is CC(=O)NS(=O)(=O)c1cc(OCCO)c(NCC#Cc2sc3c(NC4CCN(C5CC5)CC4)cccc3c2CC(F)(F)F)cc1F. The summed E-state index contributed by atoms with van der Waals surface area (Å²) in [7, 11) is -4.54. The first-order chi connectivity index (χ1) is 21.8. The number of amides is 1. The Morgan fingerprint density at radius 2 is 1.89 bits per heavy atom. The Morgan fingerprint density at radius 1 is 1.15 bits per heavy atom. The number of rotatable bonds is 11. The van der Waals surface area contributed by atoms with E-state index in [4.69, 9.17) is 9.84 Å². The summed E-state index contributed by atoms with van der Waals surface area (Å²) in [5, 5.41) is 16.0. The molecule has 0 bridgehead atoms. The molecule has 4 N–H and O–H groups in total. The highest BCUT2D eigenvalue weighted by atomic mass is 32.2. The lowest BCUT2D eigenvalue weighted by atomic mass is 10.0. The van der Waals surface area contributed by atoms with Crippen LogP contribution in [0.3, 0.4) is 0 Å². The van der Waals surface area contributed by atoms with Gasteiger partial charge in [-0.15, -0.1) is 11.3 Å². The number of nitrogens with zero attached hydrogens (tertiary/aromatic N) is 1. The number of carbonyl (C=O) groups excluding carboxylic acids is 1. The second kappa shape index (κ2) is 14.0. The third kappa shape index (κ3) is 8.41. The van der Waals surface area contributed by atoms with Crippen LogP contribution in [0.4, 0.5) is 28.9 Å². The van der Waals surface area contributed by atoms with E-state index in [1.165, 1.54) is 24.2 Å². The van der Waals surface area contributed by atoms with E-state index in [1.807, 2.05) is 6.07 Å². The van der Waals surface area contributed by atoms with E-state index in [1.54, 1.807) is 16.9 Å². The maximum Gasteiger partial charge on any atom is 0.393 e. The van der Waals surface area contributed by atoms with Crippen molar-refractivity contribution in [2.75, 3.05) is 43.5 Å². The number of fused-ring (bicyclic) bond motifs is 1. The molecule has 0 unspecified atom stereocenters. The van der Waals surface area contributed by atoms with Crippen molar-refractivity contribution in [3.63, 3.8) is 0 Å². The lowest BCUT2D eigenvalue weighted by molar-refractivity contribution is -0.127. The normalized spacial score (nSPS) is 16.1. The van der Waals surface area contributed by atoms with E-state index < -0.39 is 45.8 Å². The number of piperidine rings is 1. The van der Waals surface area contributed by atoms with Crippen molar-refractivity contribution in [2.45, 2.75) is 62.2 Å². The first kappa shape index (κ1) is 33.8. The number of hydrogen-bond acceptors (Lipinski definition) is 9. The molecule has 1 saturated heterocycles. The number of aliphatic hydroxyl groups excluding tert-OH is 1. The maximum absolute atomic E-state index is 14.8. The quantitative estimate of drug-likeness (QED) is 0.168. The van der Waals surface area contributed by atoms with Crippen LogP contribution in [0.2, 0.25) is 0 Å². The summed E-state index contributed by atoms with van der Waals surface area (Å²) in [6.07, 6.45) is -1.20. The van der Waals surface area contributed by atoms with Crippen LogP contribution >= 0.6 is 11.3 Å². The van der Waals surface area contributed by atoms with Gasteiger partial charge in [-0.05, 0) is 42.7 Å². The summed E-state index contributed by atoms with van der Waals surface area (Å²) in [5.74, 6) is 3.38. The zero-order chi connectivity index (χ0) is 33.1. The zero-order valence-electron chi connectivity index (χ0n) is 25.0. The molecule has 2 fully saturated rings. The maximum atomic E-state index is 14.8. The molecular weight excluding hydrogens is 648 g/mol. The highest BCUT2D eigenvalue weighted by Crippen LogP contribution is 2.40. The number of hydrogen-bond donors (Lipinski definition) is 4. The summed E-state index contributed by atoms with van der Waals surface area (Å²) < 4.78 is 88.4. The van der Waals surface area contributed by atoms with Crippen LogP contribution in [0.25, 0.3) is 10.1 Å². The molecule has 1 aliphatic heterocycles. The number of sulfonamides is 1. The van der Waals surface area contributed by atoms with E-state index in [-0.39, 0.29) is 41.1 Å². The number of benzene rings is 2. The first-order valence-electron chi connectivity index (χ1n) is 14.8. The van der Waals surface area contributed by atoms with E-state index in [0.717, 1.165) is 50.7 Å². The van der Waals surface area contributed by atoms with E-state index in [2.05, 4.69) is 27.4 Å². The molecule has 0 spiro atoms. The summed E-state index contributed by atoms with van der Waals surface area (Å²) in [5.41, 5.74) is 0.850. The fourth-order valence-electron chi connectivity index (χ4n) is 5.49. The molecule has 2 aromatic carbocycles. The number of halogens is 4. The highest BCUT2D eigenvalue weighted by Gasteiger charge is 2.33. The standard InChI is InChI=1S/C31H34F4N4O5S2/c1-19(41)38-46(42,43)29-17-27(44-15-14-40)26(16-24(29)32)36-11-3-6-28-23(18-31(33,34)35)22-4-2-5-25(30(22)45-28)37-20-9-12-39(13-10-20)21-7-8-21/h2,4-5,16-17,20-21,36-37,40H,7-15,18H2,1H3,(H,38,41). The molecule has 2 heterocycles. The lowest BCUT2D eigenvalue weighted by Gasteiger charge is -2.33. The Morgan fingerprint density at radius 3 is 2.54 bits per heavy atom. The van der Waals surface area contributed by atoms with Gasteiger partial charge >= 0.3 is 6.18 Å². The third-order valence-electron chi connectivity index (χ3n) is 7.67. The van der Waals surface area contributed by atoms with Crippen molar-refractivity contribution in [2.24, 2.45) is 0 Å². The Kier molecular flexibility index (Phi) is 10.3. The van der Waals surface area contributed by atoms with Crippen molar-refractivity contribution in [1.82, 2.24) is 9.62 Å². The molecule has 46 heavy (non-hydrogen) atoms. The Balaban J connectivity index is 1.38. The second-order valence-corrected chi connectivity index (χ2v) is 13.9. The van der Waals surface area contributed by atoms with Gasteiger partial charge in [-0.2, -0.15) is 13.2 Å². The molecule has 1 amide bonds. The van der Waals surface area contributed by atoms with Gasteiger partial charge in [-0.1, -0.05) is 24.0 Å². The predicted molar refractivity (Wildman–Crippen MR) is 168 cm³/mol. The molecule has 15 heteroatoms. The van der Waals surface area contributed by atoms with Gasteiger partial charge in [0.05, 0.1) is 40.5 Å². The van der Waals surface area contributed by atoms with Crippen LogP contribution in [-0.4, -0.2) is 75.4 Å². The average molecular weight is 683 g/mol. The average Bonchev–Trinajstić information content (AvgIpc) is 3.77. The summed E-state index contributed by atoms with van der Waals surface area (Å²) >= 11 is 1.18. The van der Waals surface area contributed by atoms with Crippen molar-refractivity contribution >= 4 is 48.7 Å². The van der Waals surface area contributed by atoms with Crippen molar-refractivity contribution in [3.05, 3.63) is 46.6 Å². The number of carbonyl (C=O) groups is 1. The molecule has 3 aromatic rings. The highest BCUT2D eigenvalue weighted by molar-refractivity contribution is 7.90. The minimum Gasteiger partial charge on any atom is -0.489 e. The number of alkyl halides is 3. The Bertz CT molecular complexity index is 1760. The van der Waals surface area contributed by atoms with Gasteiger partial charge in [0.25, 0.3) is 10.0 Å². The second-order valence-electron chi connectivity index (χ2n) is 11.2.